The smallest absolute Gasteiger partial charge is 0.166 e. The van der Waals surface area contributed by atoms with Crippen LogP contribution in [0.1, 0.15) is 48.2 Å². The Balaban J connectivity index is 2.08. The summed E-state index contributed by atoms with van der Waals surface area (Å²) in [5.74, 6) is 0.215. The number of carbonyl (C=O) groups is 1. The molecule has 1 atom stereocenters. The van der Waals surface area contributed by atoms with Crippen molar-refractivity contribution < 1.29 is 9.53 Å². The van der Waals surface area contributed by atoms with Gasteiger partial charge in [-0.3, -0.25) is 4.79 Å². The second-order valence-corrected chi connectivity index (χ2v) is 3.93. The van der Waals surface area contributed by atoms with Crippen molar-refractivity contribution in [3.05, 3.63) is 35.4 Å². The first kappa shape index (κ1) is 10.4. The number of rotatable bonds is 4. The van der Waals surface area contributed by atoms with E-state index in [1.165, 1.54) is 0 Å². The van der Waals surface area contributed by atoms with Crippen LogP contribution in [0.2, 0.25) is 0 Å². The lowest BCUT2D eigenvalue weighted by molar-refractivity contribution is 0.0490. The predicted octanol–water partition coefficient (Wildman–Crippen LogP) is 3.13. The van der Waals surface area contributed by atoms with Crippen LogP contribution >= 0.6 is 0 Å². The molecular formula is C13H16O2. The van der Waals surface area contributed by atoms with Crippen LogP contribution in [0.3, 0.4) is 0 Å². The van der Waals surface area contributed by atoms with Gasteiger partial charge in [-0.2, -0.15) is 0 Å². The summed E-state index contributed by atoms with van der Waals surface area (Å²) in [5.41, 5.74) is 1.91. The molecule has 1 aromatic carbocycles. The summed E-state index contributed by atoms with van der Waals surface area (Å²) in [6, 6.07) is 7.76. The lowest BCUT2D eigenvalue weighted by atomic mass is 10.1. The number of benzene rings is 1. The standard InChI is InChI=1S/C13H16O2/c1-2-3-8-15-13-9-12(14)10-6-4-5-7-11(10)13/h4-7,13H,2-3,8-9H2,1H3. The number of hydrogen-bond acceptors (Lipinski definition) is 2. The molecule has 0 aromatic heterocycles. The van der Waals surface area contributed by atoms with Gasteiger partial charge in [0.25, 0.3) is 0 Å². The van der Waals surface area contributed by atoms with Gasteiger partial charge in [0.05, 0.1) is 6.10 Å². The maximum absolute atomic E-state index is 11.6. The first-order valence-corrected chi connectivity index (χ1v) is 5.56. The van der Waals surface area contributed by atoms with E-state index in [1.54, 1.807) is 0 Å². The molecule has 0 fully saturated rings. The van der Waals surface area contributed by atoms with E-state index in [4.69, 9.17) is 4.74 Å². The number of carbonyl (C=O) groups excluding carboxylic acids is 1. The molecular weight excluding hydrogens is 188 g/mol. The highest BCUT2D eigenvalue weighted by atomic mass is 16.5. The van der Waals surface area contributed by atoms with Crippen LogP contribution in [0, 0.1) is 0 Å². The summed E-state index contributed by atoms with van der Waals surface area (Å²) in [6.45, 7) is 2.89. The summed E-state index contributed by atoms with van der Waals surface area (Å²) in [5, 5.41) is 0. The third-order valence-corrected chi connectivity index (χ3v) is 2.80. The van der Waals surface area contributed by atoms with Gasteiger partial charge in [-0.05, 0) is 12.0 Å². The van der Waals surface area contributed by atoms with Crippen molar-refractivity contribution in [2.75, 3.05) is 6.61 Å². The van der Waals surface area contributed by atoms with Crippen molar-refractivity contribution in [3.63, 3.8) is 0 Å². The van der Waals surface area contributed by atoms with E-state index in [0.29, 0.717) is 6.42 Å². The normalized spacial score (nSPS) is 19.3. The molecule has 1 aliphatic carbocycles. The summed E-state index contributed by atoms with van der Waals surface area (Å²) >= 11 is 0. The number of hydrogen-bond donors (Lipinski definition) is 0. The first-order valence-electron chi connectivity index (χ1n) is 5.56. The van der Waals surface area contributed by atoms with Crippen molar-refractivity contribution in [3.8, 4) is 0 Å². The molecule has 2 nitrogen and oxygen atoms in total. The molecule has 0 heterocycles. The second-order valence-electron chi connectivity index (χ2n) is 3.93. The van der Waals surface area contributed by atoms with Crippen LogP contribution < -0.4 is 0 Å². The van der Waals surface area contributed by atoms with E-state index < -0.39 is 0 Å². The van der Waals surface area contributed by atoms with Gasteiger partial charge in [0.15, 0.2) is 5.78 Å². The van der Waals surface area contributed by atoms with E-state index >= 15 is 0 Å². The van der Waals surface area contributed by atoms with Crippen LogP contribution in [0.5, 0.6) is 0 Å². The molecule has 80 valence electrons. The SMILES string of the molecule is CCCCOC1CC(=O)c2ccccc21. The zero-order chi connectivity index (χ0) is 10.7. The van der Waals surface area contributed by atoms with Gasteiger partial charge in [0.1, 0.15) is 0 Å². The monoisotopic (exact) mass is 204 g/mol. The van der Waals surface area contributed by atoms with Gasteiger partial charge in [0, 0.05) is 18.6 Å². The number of ketones is 1. The van der Waals surface area contributed by atoms with E-state index in [9.17, 15) is 4.79 Å². The third-order valence-electron chi connectivity index (χ3n) is 2.80. The second kappa shape index (κ2) is 4.58. The molecule has 2 heteroatoms. The number of Topliss-reactive ketones (excluding diaryl/α,β-unsaturated/α-hetero) is 1. The maximum Gasteiger partial charge on any atom is 0.166 e. The lowest BCUT2D eigenvalue weighted by Crippen LogP contribution is -2.02. The summed E-state index contributed by atoms with van der Waals surface area (Å²) < 4.78 is 5.72. The third kappa shape index (κ3) is 2.10. The Morgan fingerprint density at radius 2 is 2.20 bits per heavy atom. The van der Waals surface area contributed by atoms with Gasteiger partial charge < -0.3 is 4.74 Å². The quantitative estimate of drug-likeness (QED) is 0.704. The van der Waals surface area contributed by atoms with Crippen molar-refractivity contribution in [2.24, 2.45) is 0 Å². The van der Waals surface area contributed by atoms with Crippen LogP contribution in [0.15, 0.2) is 24.3 Å². The molecule has 0 bridgehead atoms. The summed E-state index contributed by atoms with van der Waals surface area (Å²) in [6.07, 6.45) is 2.71. The Kier molecular flexibility index (Phi) is 3.17. The molecule has 0 saturated carbocycles. The van der Waals surface area contributed by atoms with Gasteiger partial charge in [-0.15, -0.1) is 0 Å². The maximum atomic E-state index is 11.6. The average molecular weight is 204 g/mol. The Labute approximate surface area is 90.3 Å². The minimum Gasteiger partial charge on any atom is -0.373 e. The van der Waals surface area contributed by atoms with E-state index in [0.717, 1.165) is 30.6 Å². The number of ether oxygens (including phenoxy) is 1. The van der Waals surface area contributed by atoms with Crippen LogP contribution in [-0.4, -0.2) is 12.4 Å². The van der Waals surface area contributed by atoms with Crippen molar-refractivity contribution in [2.45, 2.75) is 32.3 Å². The minimum atomic E-state index is 0.000231. The zero-order valence-electron chi connectivity index (χ0n) is 9.03. The Morgan fingerprint density at radius 1 is 1.40 bits per heavy atom. The molecule has 2 rings (SSSR count). The predicted molar refractivity (Wildman–Crippen MR) is 59.0 cm³/mol. The average Bonchev–Trinajstić information content (AvgIpc) is 2.58. The Hall–Kier alpha value is -1.15. The molecule has 0 radical (unpaired) electrons. The molecule has 1 aromatic rings. The highest BCUT2D eigenvalue weighted by Crippen LogP contribution is 2.33. The lowest BCUT2D eigenvalue weighted by Gasteiger charge is -2.11. The fourth-order valence-electron chi connectivity index (χ4n) is 1.94. The van der Waals surface area contributed by atoms with Gasteiger partial charge >= 0.3 is 0 Å². The minimum absolute atomic E-state index is 0.000231. The van der Waals surface area contributed by atoms with Crippen molar-refractivity contribution >= 4 is 5.78 Å². The van der Waals surface area contributed by atoms with Gasteiger partial charge in [-0.25, -0.2) is 0 Å². The fraction of sp³-hybridized carbons (Fsp3) is 0.462. The van der Waals surface area contributed by atoms with Crippen LogP contribution in [0.4, 0.5) is 0 Å². The van der Waals surface area contributed by atoms with Crippen LogP contribution in [0.25, 0.3) is 0 Å². The molecule has 0 saturated heterocycles. The Bertz CT molecular complexity index is 357. The van der Waals surface area contributed by atoms with E-state index in [1.807, 2.05) is 24.3 Å². The zero-order valence-corrected chi connectivity index (χ0v) is 9.03. The van der Waals surface area contributed by atoms with Crippen molar-refractivity contribution in [1.82, 2.24) is 0 Å². The molecule has 0 spiro atoms. The van der Waals surface area contributed by atoms with Gasteiger partial charge in [0.2, 0.25) is 0 Å². The molecule has 0 amide bonds. The number of unbranched alkanes of at least 4 members (excludes halogenated alkanes) is 1. The first-order chi connectivity index (χ1) is 7.33. The summed E-state index contributed by atoms with van der Waals surface area (Å²) in [4.78, 5) is 11.6. The fourth-order valence-corrected chi connectivity index (χ4v) is 1.94. The van der Waals surface area contributed by atoms with E-state index in [2.05, 4.69) is 6.92 Å². The Morgan fingerprint density at radius 3 is 3.00 bits per heavy atom. The number of fused-ring (bicyclic) bond motifs is 1. The molecule has 1 aliphatic rings. The molecule has 1 unspecified atom stereocenters. The van der Waals surface area contributed by atoms with Gasteiger partial charge in [-0.1, -0.05) is 37.6 Å². The summed E-state index contributed by atoms with van der Waals surface area (Å²) in [7, 11) is 0. The molecule has 0 N–H and O–H groups in total. The van der Waals surface area contributed by atoms with Crippen molar-refractivity contribution in [1.29, 1.82) is 0 Å². The molecule has 0 aliphatic heterocycles. The molecule has 15 heavy (non-hydrogen) atoms. The largest absolute Gasteiger partial charge is 0.373 e. The van der Waals surface area contributed by atoms with Crippen LogP contribution in [-0.2, 0) is 4.74 Å². The van der Waals surface area contributed by atoms with E-state index in [-0.39, 0.29) is 11.9 Å². The highest BCUT2D eigenvalue weighted by molar-refractivity contribution is 6.00. The topological polar surface area (TPSA) is 26.3 Å². The highest BCUT2D eigenvalue weighted by Gasteiger charge is 2.28.